The van der Waals surface area contributed by atoms with E-state index in [1.165, 1.54) is 0 Å². The fourth-order valence-corrected chi connectivity index (χ4v) is 2.54. The Labute approximate surface area is 126 Å². The highest BCUT2D eigenvalue weighted by atomic mass is 79.9. The summed E-state index contributed by atoms with van der Waals surface area (Å²) in [4.78, 5) is 4.45. The molecule has 0 saturated heterocycles. The number of fused-ring (bicyclic) bond motifs is 1. The van der Waals surface area contributed by atoms with Gasteiger partial charge in [-0.15, -0.1) is 0 Å². The third-order valence-corrected chi connectivity index (χ3v) is 3.69. The predicted molar refractivity (Wildman–Crippen MR) is 87.6 cm³/mol. The maximum absolute atomic E-state index is 5.97. The van der Waals surface area contributed by atoms with Gasteiger partial charge in [0.1, 0.15) is 0 Å². The number of halogens is 1. The minimum atomic E-state index is 0.689. The fourth-order valence-electron chi connectivity index (χ4n) is 2.18. The van der Waals surface area contributed by atoms with Gasteiger partial charge in [-0.3, -0.25) is 4.98 Å². The van der Waals surface area contributed by atoms with E-state index in [0.717, 1.165) is 32.3 Å². The van der Waals surface area contributed by atoms with E-state index in [0.29, 0.717) is 6.54 Å². The second kappa shape index (κ2) is 5.51. The zero-order valence-electron chi connectivity index (χ0n) is 10.8. The molecule has 3 N–H and O–H groups in total. The molecule has 0 saturated carbocycles. The van der Waals surface area contributed by atoms with Crippen LogP contribution < -0.4 is 11.1 Å². The van der Waals surface area contributed by atoms with Gasteiger partial charge in [-0.25, -0.2) is 0 Å². The van der Waals surface area contributed by atoms with Gasteiger partial charge in [-0.1, -0.05) is 40.2 Å². The van der Waals surface area contributed by atoms with Crippen molar-refractivity contribution in [3.05, 3.63) is 64.8 Å². The summed E-state index contributed by atoms with van der Waals surface area (Å²) >= 11 is 3.45. The molecule has 1 aromatic heterocycles. The molecule has 1 heterocycles. The summed E-state index contributed by atoms with van der Waals surface area (Å²) in [6.45, 7) is 0.689. The number of rotatable bonds is 3. The molecule has 0 unspecified atom stereocenters. The minimum absolute atomic E-state index is 0.689. The standard InChI is InChI=1S/C16H14BrN3/c17-13-6-7-14(18)15(9-13)20-10-12-4-1-3-11-5-2-8-19-16(11)12/h1-9,20H,10,18H2. The average molecular weight is 328 g/mol. The van der Waals surface area contributed by atoms with Crippen LogP contribution >= 0.6 is 15.9 Å². The Hall–Kier alpha value is -2.07. The van der Waals surface area contributed by atoms with Crippen molar-refractivity contribution in [3.8, 4) is 0 Å². The molecule has 3 aromatic rings. The maximum atomic E-state index is 5.97. The van der Waals surface area contributed by atoms with Crippen molar-refractivity contribution in [2.24, 2.45) is 0 Å². The largest absolute Gasteiger partial charge is 0.397 e. The van der Waals surface area contributed by atoms with E-state index in [1.807, 2.05) is 36.5 Å². The van der Waals surface area contributed by atoms with Gasteiger partial charge in [-0.05, 0) is 29.8 Å². The Bertz CT molecular complexity index is 750. The normalized spacial score (nSPS) is 10.7. The van der Waals surface area contributed by atoms with Gasteiger partial charge in [0.05, 0.1) is 16.9 Å². The molecule has 0 spiro atoms. The molecule has 3 rings (SSSR count). The van der Waals surface area contributed by atoms with E-state index in [4.69, 9.17) is 5.73 Å². The molecule has 0 atom stereocenters. The number of nitrogens with zero attached hydrogens (tertiary/aromatic N) is 1. The van der Waals surface area contributed by atoms with Crippen LogP contribution in [0.15, 0.2) is 59.2 Å². The molecule has 0 radical (unpaired) electrons. The van der Waals surface area contributed by atoms with Gasteiger partial charge >= 0.3 is 0 Å². The Morgan fingerprint density at radius 3 is 2.85 bits per heavy atom. The quantitative estimate of drug-likeness (QED) is 0.709. The second-order valence-electron chi connectivity index (χ2n) is 4.58. The molecule has 0 amide bonds. The number of benzene rings is 2. The first kappa shape index (κ1) is 12.9. The first-order valence-corrected chi connectivity index (χ1v) is 7.15. The highest BCUT2D eigenvalue weighted by molar-refractivity contribution is 9.10. The van der Waals surface area contributed by atoms with E-state index >= 15 is 0 Å². The van der Waals surface area contributed by atoms with Crippen LogP contribution in [0.3, 0.4) is 0 Å². The molecule has 2 aromatic carbocycles. The Balaban J connectivity index is 1.89. The monoisotopic (exact) mass is 327 g/mol. The summed E-state index contributed by atoms with van der Waals surface area (Å²) in [5.41, 5.74) is 9.81. The number of aromatic nitrogens is 1. The summed E-state index contributed by atoms with van der Waals surface area (Å²) in [6.07, 6.45) is 1.82. The fraction of sp³-hybridized carbons (Fsp3) is 0.0625. The number of anilines is 2. The van der Waals surface area contributed by atoms with E-state index < -0.39 is 0 Å². The maximum Gasteiger partial charge on any atom is 0.0751 e. The summed E-state index contributed by atoms with van der Waals surface area (Å²) in [5, 5.41) is 4.51. The van der Waals surface area contributed by atoms with Crippen molar-refractivity contribution in [1.29, 1.82) is 0 Å². The second-order valence-corrected chi connectivity index (χ2v) is 5.49. The first-order chi connectivity index (χ1) is 9.74. The number of nitrogens with one attached hydrogen (secondary N) is 1. The van der Waals surface area contributed by atoms with Gasteiger partial charge < -0.3 is 11.1 Å². The molecule has 0 aliphatic heterocycles. The summed E-state index contributed by atoms with van der Waals surface area (Å²) in [5.74, 6) is 0. The van der Waals surface area contributed by atoms with Crippen LogP contribution in [0.2, 0.25) is 0 Å². The van der Waals surface area contributed by atoms with Crippen LogP contribution in [0, 0.1) is 0 Å². The van der Waals surface area contributed by atoms with Crippen molar-refractivity contribution in [2.75, 3.05) is 11.1 Å². The third-order valence-electron chi connectivity index (χ3n) is 3.20. The lowest BCUT2D eigenvalue weighted by Gasteiger charge is -2.11. The van der Waals surface area contributed by atoms with Gasteiger partial charge in [0.2, 0.25) is 0 Å². The predicted octanol–water partition coefficient (Wildman–Crippen LogP) is 4.19. The SMILES string of the molecule is Nc1ccc(Br)cc1NCc1cccc2cccnc12. The number of pyridine rings is 1. The molecular weight excluding hydrogens is 314 g/mol. The summed E-state index contributed by atoms with van der Waals surface area (Å²) < 4.78 is 1.00. The average Bonchev–Trinajstić information content (AvgIpc) is 2.48. The zero-order chi connectivity index (χ0) is 13.9. The van der Waals surface area contributed by atoms with E-state index in [2.05, 4.69) is 44.4 Å². The molecule has 20 heavy (non-hydrogen) atoms. The van der Waals surface area contributed by atoms with Crippen LogP contribution in [-0.4, -0.2) is 4.98 Å². The third kappa shape index (κ3) is 2.60. The number of hydrogen-bond acceptors (Lipinski definition) is 3. The Morgan fingerprint density at radius 1 is 1.10 bits per heavy atom. The molecule has 0 fully saturated rings. The van der Waals surface area contributed by atoms with Crippen molar-refractivity contribution in [3.63, 3.8) is 0 Å². The lowest BCUT2D eigenvalue weighted by Crippen LogP contribution is -2.03. The number of para-hydroxylation sites is 1. The van der Waals surface area contributed by atoms with Crippen molar-refractivity contribution in [2.45, 2.75) is 6.54 Å². The molecule has 0 bridgehead atoms. The Kier molecular flexibility index (Phi) is 3.56. The Morgan fingerprint density at radius 2 is 1.95 bits per heavy atom. The summed E-state index contributed by atoms with van der Waals surface area (Å²) in [6, 6.07) is 16.0. The van der Waals surface area contributed by atoms with Crippen LogP contribution in [-0.2, 0) is 6.54 Å². The topological polar surface area (TPSA) is 50.9 Å². The highest BCUT2D eigenvalue weighted by Gasteiger charge is 2.03. The van der Waals surface area contributed by atoms with Crippen LogP contribution in [0.25, 0.3) is 10.9 Å². The molecule has 0 aliphatic carbocycles. The highest BCUT2D eigenvalue weighted by Crippen LogP contribution is 2.24. The number of nitrogen functional groups attached to an aromatic ring is 1. The van der Waals surface area contributed by atoms with Gasteiger partial charge in [0, 0.05) is 22.6 Å². The van der Waals surface area contributed by atoms with Crippen LogP contribution in [0.4, 0.5) is 11.4 Å². The minimum Gasteiger partial charge on any atom is -0.397 e. The van der Waals surface area contributed by atoms with E-state index in [1.54, 1.807) is 0 Å². The molecule has 3 nitrogen and oxygen atoms in total. The van der Waals surface area contributed by atoms with Crippen LogP contribution in [0.5, 0.6) is 0 Å². The number of hydrogen-bond donors (Lipinski definition) is 2. The van der Waals surface area contributed by atoms with Crippen molar-refractivity contribution in [1.82, 2.24) is 4.98 Å². The van der Waals surface area contributed by atoms with Crippen LogP contribution in [0.1, 0.15) is 5.56 Å². The lowest BCUT2D eigenvalue weighted by atomic mass is 10.1. The van der Waals surface area contributed by atoms with E-state index in [-0.39, 0.29) is 0 Å². The molecule has 4 heteroatoms. The summed E-state index contributed by atoms with van der Waals surface area (Å²) in [7, 11) is 0. The molecular formula is C16H14BrN3. The first-order valence-electron chi connectivity index (χ1n) is 6.35. The smallest absolute Gasteiger partial charge is 0.0751 e. The van der Waals surface area contributed by atoms with Gasteiger partial charge in [-0.2, -0.15) is 0 Å². The van der Waals surface area contributed by atoms with Crippen molar-refractivity contribution >= 4 is 38.2 Å². The van der Waals surface area contributed by atoms with E-state index in [9.17, 15) is 0 Å². The van der Waals surface area contributed by atoms with Gasteiger partial charge in [0.25, 0.3) is 0 Å². The molecule has 100 valence electrons. The van der Waals surface area contributed by atoms with Crippen molar-refractivity contribution < 1.29 is 0 Å². The molecule has 0 aliphatic rings. The zero-order valence-corrected chi connectivity index (χ0v) is 12.4. The number of nitrogens with two attached hydrogens (primary N) is 1. The van der Waals surface area contributed by atoms with Gasteiger partial charge in [0.15, 0.2) is 0 Å². The lowest BCUT2D eigenvalue weighted by molar-refractivity contribution is 1.15.